The van der Waals surface area contributed by atoms with Crippen molar-refractivity contribution in [2.45, 2.75) is 13.3 Å². The quantitative estimate of drug-likeness (QED) is 0.523. The van der Waals surface area contributed by atoms with E-state index >= 15 is 0 Å². The molecular formula is C21H20BrN3O3S. The SMILES string of the molecule is COc1ccc(-c2nc(NC(=O)CCNC(=O)c3ccc(Br)cc3)sc2C)cc1. The second kappa shape index (κ2) is 9.67. The number of anilines is 1. The van der Waals surface area contributed by atoms with Gasteiger partial charge >= 0.3 is 0 Å². The summed E-state index contributed by atoms with van der Waals surface area (Å²) < 4.78 is 6.08. The van der Waals surface area contributed by atoms with E-state index in [1.165, 1.54) is 11.3 Å². The summed E-state index contributed by atoms with van der Waals surface area (Å²) in [6.45, 7) is 2.21. The summed E-state index contributed by atoms with van der Waals surface area (Å²) in [6.07, 6.45) is 0.165. The minimum Gasteiger partial charge on any atom is -0.497 e. The summed E-state index contributed by atoms with van der Waals surface area (Å²) in [5, 5.41) is 6.09. The lowest BCUT2D eigenvalue weighted by molar-refractivity contribution is -0.116. The van der Waals surface area contributed by atoms with E-state index in [9.17, 15) is 9.59 Å². The first-order valence-corrected chi connectivity index (χ1v) is 10.5. The average molecular weight is 474 g/mol. The number of benzene rings is 2. The van der Waals surface area contributed by atoms with Crippen LogP contribution in [0.4, 0.5) is 5.13 Å². The molecule has 0 aliphatic rings. The lowest BCUT2D eigenvalue weighted by Gasteiger charge is -2.05. The maximum Gasteiger partial charge on any atom is 0.251 e. The highest BCUT2D eigenvalue weighted by Crippen LogP contribution is 2.31. The first kappa shape index (κ1) is 21.0. The molecule has 29 heavy (non-hydrogen) atoms. The Balaban J connectivity index is 1.52. The summed E-state index contributed by atoms with van der Waals surface area (Å²) in [7, 11) is 1.62. The van der Waals surface area contributed by atoms with Crippen molar-refractivity contribution in [2.75, 3.05) is 19.0 Å². The number of carbonyl (C=O) groups excluding carboxylic acids is 2. The number of nitrogens with one attached hydrogen (secondary N) is 2. The summed E-state index contributed by atoms with van der Waals surface area (Å²) in [4.78, 5) is 29.8. The van der Waals surface area contributed by atoms with Crippen LogP contribution in [0.3, 0.4) is 0 Å². The number of hydrogen-bond acceptors (Lipinski definition) is 5. The van der Waals surface area contributed by atoms with Gasteiger partial charge in [-0.1, -0.05) is 15.9 Å². The van der Waals surface area contributed by atoms with Gasteiger partial charge in [-0.3, -0.25) is 9.59 Å². The summed E-state index contributed by atoms with van der Waals surface area (Å²) >= 11 is 4.75. The number of rotatable bonds is 7. The standard InChI is InChI=1S/C21H20BrN3O3S/c1-13-19(14-5-9-17(28-2)10-6-14)25-21(29-13)24-18(26)11-12-23-20(27)15-3-7-16(22)8-4-15/h3-10H,11-12H2,1-2H3,(H,23,27)(H,24,25,26). The van der Waals surface area contributed by atoms with Crippen molar-refractivity contribution in [3.05, 3.63) is 63.4 Å². The summed E-state index contributed by atoms with van der Waals surface area (Å²) in [5.74, 6) is 0.369. The molecule has 0 spiro atoms. The molecule has 2 N–H and O–H groups in total. The first-order chi connectivity index (χ1) is 14.0. The number of methoxy groups -OCH3 is 1. The van der Waals surface area contributed by atoms with Crippen molar-refractivity contribution in [1.29, 1.82) is 0 Å². The molecule has 0 radical (unpaired) electrons. The number of aryl methyl sites for hydroxylation is 1. The van der Waals surface area contributed by atoms with Crippen LogP contribution < -0.4 is 15.4 Å². The molecule has 0 fully saturated rings. The molecule has 0 unspecified atom stereocenters. The lowest BCUT2D eigenvalue weighted by atomic mass is 10.1. The van der Waals surface area contributed by atoms with Gasteiger partial charge in [0.25, 0.3) is 5.91 Å². The number of aromatic nitrogens is 1. The topological polar surface area (TPSA) is 80.3 Å². The van der Waals surface area contributed by atoms with Gasteiger partial charge in [0, 0.05) is 33.4 Å². The number of amides is 2. The lowest BCUT2D eigenvalue weighted by Crippen LogP contribution is -2.27. The molecule has 0 saturated carbocycles. The first-order valence-electron chi connectivity index (χ1n) is 8.91. The van der Waals surface area contributed by atoms with Crippen molar-refractivity contribution >= 4 is 44.2 Å². The highest BCUT2D eigenvalue weighted by molar-refractivity contribution is 9.10. The molecule has 8 heteroatoms. The third-order valence-corrected chi connectivity index (χ3v) is 5.57. The fourth-order valence-corrected chi connectivity index (χ4v) is 3.76. The highest BCUT2D eigenvalue weighted by atomic mass is 79.9. The van der Waals surface area contributed by atoms with Crippen molar-refractivity contribution in [3.8, 4) is 17.0 Å². The molecule has 6 nitrogen and oxygen atoms in total. The zero-order chi connectivity index (χ0) is 20.8. The number of halogens is 1. The van der Waals surface area contributed by atoms with Crippen LogP contribution in [-0.2, 0) is 4.79 Å². The van der Waals surface area contributed by atoms with E-state index in [0.717, 1.165) is 26.4 Å². The molecule has 0 atom stereocenters. The molecule has 1 heterocycles. The average Bonchev–Trinajstić information content (AvgIpc) is 3.08. The minimum absolute atomic E-state index is 0.165. The Kier molecular flexibility index (Phi) is 7.00. The minimum atomic E-state index is -0.211. The Labute approximate surface area is 181 Å². The van der Waals surface area contributed by atoms with E-state index in [1.54, 1.807) is 31.4 Å². The Bertz CT molecular complexity index is 1000. The fourth-order valence-electron chi connectivity index (χ4n) is 2.64. The molecular weight excluding hydrogens is 454 g/mol. The van der Waals surface area contributed by atoms with Crippen LogP contribution in [0.5, 0.6) is 5.75 Å². The normalized spacial score (nSPS) is 10.4. The van der Waals surface area contributed by atoms with E-state index in [0.29, 0.717) is 10.7 Å². The zero-order valence-corrected chi connectivity index (χ0v) is 18.4. The molecule has 2 amide bonds. The van der Waals surface area contributed by atoms with E-state index in [2.05, 4.69) is 31.5 Å². The van der Waals surface area contributed by atoms with E-state index < -0.39 is 0 Å². The van der Waals surface area contributed by atoms with E-state index in [1.807, 2.05) is 31.2 Å². The van der Waals surface area contributed by atoms with Gasteiger partial charge in [0.05, 0.1) is 12.8 Å². The van der Waals surface area contributed by atoms with Gasteiger partial charge in [0.15, 0.2) is 5.13 Å². The van der Waals surface area contributed by atoms with Gasteiger partial charge in [-0.15, -0.1) is 11.3 Å². The van der Waals surface area contributed by atoms with Crippen molar-refractivity contribution < 1.29 is 14.3 Å². The van der Waals surface area contributed by atoms with Crippen LogP contribution in [0.1, 0.15) is 21.7 Å². The maximum absolute atomic E-state index is 12.2. The fraction of sp³-hybridized carbons (Fsp3) is 0.190. The number of ether oxygens (including phenoxy) is 1. The molecule has 0 aliphatic heterocycles. The van der Waals surface area contributed by atoms with Gasteiger partial charge in [-0.05, 0) is 55.5 Å². The van der Waals surface area contributed by atoms with Crippen LogP contribution in [0.25, 0.3) is 11.3 Å². The largest absolute Gasteiger partial charge is 0.497 e. The van der Waals surface area contributed by atoms with Gasteiger partial charge in [-0.2, -0.15) is 0 Å². The number of hydrogen-bond donors (Lipinski definition) is 2. The Hall–Kier alpha value is -2.71. The maximum atomic E-state index is 12.2. The predicted molar refractivity (Wildman–Crippen MR) is 119 cm³/mol. The van der Waals surface area contributed by atoms with Gasteiger partial charge in [-0.25, -0.2) is 4.98 Å². The Morgan fingerprint density at radius 2 is 1.79 bits per heavy atom. The molecule has 3 aromatic rings. The molecule has 0 bridgehead atoms. The second-order valence-electron chi connectivity index (χ2n) is 6.21. The Morgan fingerprint density at radius 1 is 1.10 bits per heavy atom. The van der Waals surface area contributed by atoms with E-state index in [-0.39, 0.29) is 24.8 Å². The van der Waals surface area contributed by atoms with Crippen molar-refractivity contribution in [2.24, 2.45) is 0 Å². The number of thiazole rings is 1. The molecule has 0 aliphatic carbocycles. The molecule has 2 aromatic carbocycles. The third-order valence-electron chi connectivity index (χ3n) is 4.15. The van der Waals surface area contributed by atoms with Crippen LogP contribution in [-0.4, -0.2) is 30.5 Å². The Morgan fingerprint density at radius 3 is 2.45 bits per heavy atom. The van der Waals surface area contributed by atoms with Gasteiger partial charge in [0.1, 0.15) is 5.75 Å². The molecule has 150 valence electrons. The van der Waals surface area contributed by atoms with Crippen molar-refractivity contribution in [1.82, 2.24) is 10.3 Å². The van der Waals surface area contributed by atoms with Gasteiger partial charge in [0.2, 0.25) is 5.91 Å². The van der Waals surface area contributed by atoms with E-state index in [4.69, 9.17) is 4.74 Å². The smallest absolute Gasteiger partial charge is 0.251 e. The van der Waals surface area contributed by atoms with Crippen LogP contribution in [0, 0.1) is 6.92 Å². The van der Waals surface area contributed by atoms with Crippen LogP contribution in [0.2, 0.25) is 0 Å². The molecule has 0 saturated heterocycles. The van der Waals surface area contributed by atoms with Crippen LogP contribution in [0.15, 0.2) is 53.0 Å². The number of carbonyl (C=O) groups is 2. The third kappa shape index (κ3) is 5.65. The second-order valence-corrected chi connectivity index (χ2v) is 8.33. The summed E-state index contributed by atoms with van der Waals surface area (Å²) in [6, 6.07) is 14.7. The molecule has 1 aromatic heterocycles. The predicted octanol–water partition coefficient (Wildman–Crippen LogP) is 4.65. The molecule has 3 rings (SSSR count). The monoisotopic (exact) mass is 473 g/mol. The van der Waals surface area contributed by atoms with Gasteiger partial charge < -0.3 is 15.4 Å². The van der Waals surface area contributed by atoms with Crippen molar-refractivity contribution in [3.63, 3.8) is 0 Å². The number of nitrogens with zero attached hydrogens (tertiary/aromatic N) is 1. The summed E-state index contributed by atoms with van der Waals surface area (Å²) in [5.41, 5.74) is 2.34. The highest BCUT2D eigenvalue weighted by Gasteiger charge is 2.13. The van der Waals surface area contributed by atoms with Crippen LogP contribution >= 0.6 is 27.3 Å². The zero-order valence-electron chi connectivity index (χ0n) is 16.0.